The number of ketones is 1. The fraction of sp³-hybridized carbons (Fsp3) is 0.889. The van der Waals surface area contributed by atoms with Crippen molar-refractivity contribution < 1.29 is 9.53 Å². The molecule has 1 saturated heterocycles. The smallest absolute Gasteiger partial charge is 0.169 e. The summed E-state index contributed by atoms with van der Waals surface area (Å²) < 4.78 is 5.38. The summed E-state index contributed by atoms with van der Waals surface area (Å²) in [5, 5.41) is 0. The highest BCUT2D eigenvalue weighted by Gasteiger charge is 2.42. The summed E-state index contributed by atoms with van der Waals surface area (Å²) in [7, 11) is 0. The number of rotatable bonds is 1. The average Bonchev–Trinajstić information content (AvgIpc) is 2.09. The van der Waals surface area contributed by atoms with Gasteiger partial charge in [0.05, 0.1) is 6.61 Å². The largest absolute Gasteiger partial charge is 0.367 e. The lowest BCUT2D eigenvalue weighted by Crippen LogP contribution is -2.31. The van der Waals surface area contributed by atoms with Gasteiger partial charge >= 0.3 is 0 Å². The molecule has 11 heavy (non-hydrogen) atoms. The van der Waals surface area contributed by atoms with Crippen molar-refractivity contribution >= 4 is 5.78 Å². The Morgan fingerprint density at radius 3 is 2.27 bits per heavy atom. The molecule has 64 valence electrons. The molecule has 1 aliphatic rings. The van der Waals surface area contributed by atoms with E-state index in [1.165, 1.54) is 0 Å². The molecule has 0 aromatic carbocycles. The normalized spacial score (nSPS) is 29.9. The minimum Gasteiger partial charge on any atom is -0.367 e. The summed E-state index contributed by atoms with van der Waals surface area (Å²) in [4.78, 5) is 11.5. The number of hydrogen-bond acceptors (Lipinski definition) is 2. The van der Waals surface area contributed by atoms with E-state index in [1.54, 1.807) is 0 Å². The van der Waals surface area contributed by atoms with Crippen molar-refractivity contribution in [1.82, 2.24) is 0 Å². The van der Waals surface area contributed by atoms with E-state index in [4.69, 9.17) is 4.74 Å². The van der Waals surface area contributed by atoms with Gasteiger partial charge in [0.2, 0.25) is 0 Å². The van der Waals surface area contributed by atoms with Crippen LogP contribution >= 0.6 is 0 Å². The molecule has 1 unspecified atom stereocenters. The van der Waals surface area contributed by atoms with E-state index in [2.05, 4.69) is 13.8 Å². The Labute approximate surface area is 67.9 Å². The molecular weight excluding hydrogens is 140 g/mol. The minimum atomic E-state index is -0.533. The fourth-order valence-electron chi connectivity index (χ4n) is 1.39. The van der Waals surface area contributed by atoms with Crippen LogP contribution in [0.15, 0.2) is 0 Å². The maximum Gasteiger partial charge on any atom is 0.169 e. The molecule has 1 aliphatic heterocycles. The Balaban J connectivity index is 2.71. The van der Waals surface area contributed by atoms with Gasteiger partial charge in [0.25, 0.3) is 0 Å². The maximum absolute atomic E-state index is 11.5. The summed E-state index contributed by atoms with van der Waals surface area (Å²) in [6.07, 6.45) is 0. The highest BCUT2D eigenvalue weighted by molar-refractivity contribution is 5.90. The predicted octanol–water partition coefficient (Wildman–Crippen LogP) is 1.64. The highest BCUT2D eigenvalue weighted by atomic mass is 16.5. The van der Waals surface area contributed by atoms with Gasteiger partial charge in [0, 0.05) is 5.92 Å². The minimum absolute atomic E-state index is 0.116. The number of ether oxygens (including phenoxy) is 1. The van der Waals surface area contributed by atoms with Gasteiger partial charge in [0.1, 0.15) is 5.60 Å². The molecule has 0 bridgehead atoms. The second kappa shape index (κ2) is 2.59. The van der Waals surface area contributed by atoms with Crippen molar-refractivity contribution in [2.24, 2.45) is 11.8 Å². The van der Waals surface area contributed by atoms with Crippen LogP contribution in [0.2, 0.25) is 0 Å². The molecule has 1 fully saturated rings. The fourth-order valence-corrected chi connectivity index (χ4v) is 1.39. The number of Topliss-reactive ketones (excluding diaryl/α,β-unsaturated/α-hetero) is 1. The van der Waals surface area contributed by atoms with Crippen LogP contribution in [-0.4, -0.2) is 18.0 Å². The molecule has 0 saturated carbocycles. The standard InChI is InChI=1S/C9H16O2/c1-6(2)7-5-11-9(3,4)8(7)10/h6-7H,5H2,1-4H3. The Morgan fingerprint density at radius 2 is 2.09 bits per heavy atom. The lowest BCUT2D eigenvalue weighted by atomic mass is 9.88. The molecule has 0 aliphatic carbocycles. The van der Waals surface area contributed by atoms with Crippen molar-refractivity contribution in [3.8, 4) is 0 Å². The molecule has 1 atom stereocenters. The quantitative estimate of drug-likeness (QED) is 0.577. The summed E-state index contributed by atoms with van der Waals surface area (Å²) in [6, 6.07) is 0. The first-order valence-electron chi connectivity index (χ1n) is 4.13. The molecule has 0 spiro atoms. The molecule has 0 aromatic heterocycles. The van der Waals surface area contributed by atoms with Crippen molar-refractivity contribution in [2.45, 2.75) is 33.3 Å². The van der Waals surface area contributed by atoms with Crippen LogP contribution in [0.5, 0.6) is 0 Å². The number of carbonyl (C=O) groups excluding carboxylic acids is 1. The second-order valence-electron chi connectivity index (χ2n) is 4.04. The molecule has 0 radical (unpaired) electrons. The van der Waals surface area contributed by atoms with E-state index >= 15 is 0 Å². The van der Waals surface area contributed by atoms with E-state index in [9.17, 15) is 4.79 Å². The zero-order chi connectivity index (χ0) is 8.65. The van der Waals surface area contributed by atoms with E-state index in [0.29, 0.717) is 12.5 Å². The Hall–Kier alpha value is -0.370. The van der Waals surface area contributed by atoms with Gasteiger partial charge in [-0.05, 0) is 19.8 Å². The summed E-state index contributed by atoms with van der Waals surface area (Å²) in [6.45, 7) is 8.42. The molecule has 0 aromatic rings. The number of hydrogen-bond donors (Lipinski definition) is 0. The Bertz CT molecular complexity index is 170. The van der Waals surface area contributed by atoms with Crippen LogP contribution in [0.4, 0.5) is 0 Å². The van der Waals surface area contributed by atoms with Crippen LogP contribution in [0.25, 0.3) is 0 Å². The van der Waals surface area contributed by atoms with Crippen LogP contribution in [0.1, 0.15) is 27.7 Å². The van der Waals surface area contributed by atoms with Gasteiger partial charge in [-0.1, -0.05) is 13.8 Å². The zero-order valence-electron chi connectivity index (χ0n) is 7.68. The van der Waals surface area contributed by atoms with E-state index < -0.39 is 5.60 Å². The van der Waals surface area contributed by atoms with Gasteiger partial charge in [0.15, 0.2) is 5.78 Å². The van der Waals surface area contributed by atoms with Crippen LogP contribution in [0, 0.1) is 11.8 Å². The second-order valence-corrected chi connectivity index (χ2v) is 4.04. The lowest BCUT2D eigenvalue weighted by Gasteiger charge is -2.15. The van der Waals surface area contributed by atoms with Crippen molar-refractivity contribution in [3.63, 3.8) is 0 Å². The molecule has 1 rings (SSSR count). The Morgan fingerprint density at radius 1 is 1.55 bits per heavy atom. The van der Waals surface area contributed by atoms with E-state index in [1.807, 2.05) is 13.8 Å². The third-order valence-electron chi connectivity index (χ3n) is 2.36. The number of carbonyl (C=O) groups is 1. The monoisotopic (exact) mass is 156 g/mol. The SMILES string of the molecule is CC(C)C1COC(C)(C)C1=O. The first-order valence-corrected chi connectivity index (χ1v) is 4.13. The van der Waals surface area contributed by atoms with Gasteiger partial charge < -0.3 is 4.74 Å². The Kier molecular flexibility index (Phi) is 2.06. The topological polar surface area (TPSA) is 26.3 Å². The van der Waals surface area contributed by atoms with Crippen LogP contribution in [0.3, 0.4) is 0 Å². The first-order chi connectivity index (χ1) is 4.95. The van der Waals surface area contributed by atoms with E-state index in [-0.39, 0.29) is 11.7 Å². The average molecular weight is 156 g/mol. The highest BCUT2D eigenvalue weighted by Crippen LogP contribution is 2.29. The molecular formula is C9H16O2. The van der Waals surface area contributed by atoms with Crippen molar-refractivity contribution in [1.29, 1.82) is 0 Å². The predicted molar refractivity (Wildman–Crippen MR) is 43.4 cm³/mol. The summed E-state index contributed by atoms with van der Waals surface area (Å²) in [5.74, 6) is 0.779. The molecule has 2 nitrogen and oxygen atoms in total. The summed E-state index contributed by atoms with van der Waals surface area (Å²) in [5.41, 5.74) is -0.533. The first kappa shape index (κ1) is 8.72. The van der Waals surface area contributed by atoms with Crippen LogP contribution in [-0.2, 0) is 9.53 Å². The van der Waals surface area contributed by atoms with Gasteiger partial charge in [-0.3, -0.25) is 4.79 Å². The van der Waals surface area contributed by atoms with Crippen LogP contribution < -0.4 is 0 Å². The van der Waals surface area contributed by atoms with Crippen molar-refractivity contribution in [2.75, 3.05) is 6.61 Å². The maximum atomic E-state index is 11.5. The lowest BCUT2D eigenvalue weighted by molar-refractivity contribution is -0.130. The van der Waals surface area contributed by atoms with E-state index in [0.717, 1.165) is 0 Å². The third-order valence-corrected chi connectivity index (χ3v) is 2.36. The third kappa shape index (κ3) is 1.45. The summed E-state index contributed by atoms with van der Waals surface area (Å²) >= 11 is 0. The van der Waals surface area contributed by atoms with Gasteiger partial charge in [-0.15, -0.1) is 0 Å². The molecule has 0 amide bonds. The molecule has 2 heteroatoms. The molecule has 1 heterocycles. The van der Waals surface area contributed by atoms with Crippen molar-refractivity contribution in [3.05, 3.63) is 0 Å². The molecule has 0 N–H and O–H groups in total. The van der Waals surface area contributed by atoms with Gasteiger partial charge in [-0.25, -0.2) is 0 Å². The zero-order valence-corrected chi connectivity index (χ0v) is 7.68. The van der Waals surface area contributed by atoms with Gasteiger partial charge in [-0.2, -0.15) is 0 Å².